The second-order valence-corrected chi connectivity index (χ2v) is 23.5. The molecular formula is C84H60N2O2. The summed E-state index contributed by atoms with van der Waals surface area (Å²) in [5.41, 5.74) is 26.5. The first kappa shape index (κ1) is 52.4. The summed E-state index contributed by atoms with van der Waals surface area (Å²) < 4.78 is 12.5. The van der Waals surface area contributed by atoms with Gasteiger partial charge in [-0.15, -0.1) is 0 Å². The highest BCUT2D eigenvalue weighted by molar-refractivity contribution is 6.08. The average Bonchev–Trinajstić information content (AvgIpc) is 3.05. The molecule has 0 spiro atoms. The Labute approximate surface area is 512 Å². The van der Waals surface area contributed by atoms with Crippen molar-refractivity contribution in [3.05, 3.63) is 313 Å². The summed E-state index contributed by atoms with van der Waals surface area (Å²) in [5.74, 6) is 0. The number of fused-ring (bicyclic) bond motifs is 8. The van der Waals surface area contributed by atoms with Gasteiger partial charge >= 0.3 is 0 Å². The number of hydrogen-bond acceptors (Lipinski definition) is 4. The molecule has 0 aliphatic carbocycles. The maximum absolute atomic E-state index is 6.23. The van der Waals surface area contributed by atoms with E-state index in [1.807, 2.05) is 24.3 Å². The smallest absolute Gasteiger partial charge is 0.135 e. The zero-order valence-electron chi connectivity index (χ0n) is 49.4. The van der Waals surface area contributed by atoms with Gasteiger partial charge in [0.25, 0.3) is 0 Å². The summed E-state index contributed by atoms with van der Waals surface area (Å²) in [6.07, 6.45) is 0. The van der Waals surface area contributed by atoms with Gasteiger partial charge in [-0.1, -0.05) is 194 Å². The quantitative estimate of drug-likeness (QED) is 0.129. The summed E-state index contributed by atoms with van der Waals surface area (Å²) in [4.78, 5) is 4.94. The second kappa shape index (κ2) is 21.4. The van der Waals surface area contributed by atoms with Crippen LogP contribution in [0.5, 0.6) is 0 Å². The van der Waals surface area contributed by atoms with Gasteiger partial charge in [0.1, 0.15) is 22.3 Å². The van der Waals surface area contributed by atoms with Crippen LogP contribution in [0.2, 0.25) is 0 Å². The van der Waals surface area contributed by atoms with Crippen molar-refractivity contribution in [3.63, 3.8) is 0 Å². The van der Waals surface area contributed by atoms with Crippen LogP contribution < -0.4 is 9.80 Å². The van der Waals surface area contributed by atoms with Crippen LogP contribution in [-0.2, 0) is 0 Å². The maximum Gasteiger partial charge on any atom is 0.135 e. The van der Waals surface area contributed by atoms with Crippen molar-refractivity contribution in [2.75, 3.05) is 9.80 Å². The van der Waals surface area contributed by atoms with Crippen molar-refractivity contribution >= 4 is 99.5 Å². The molecule has 0 aliphatic heterocycles. The number of hydrogen-bond donors (Lipinski definition) is 0. The average molecular weight is 1130 g/mol. The minimum atomic E-state index is 0.894. The van der Waals surface area contributed by atoms with Gasteiger partial charge in [0.05, 0.1) is 11.4 Å². The Morgan fingerprint density at radius 1 is 0.227 bits per heavy atom. The van der Waals surface area contributed by atoms with E-state index in [1.165, 1.54) is 54.9 Å². The standard InChI is InChI=1S/C84H60N2O2/c1-53-15-13-23-71(67-29-27-57-17-5-7-19-61(57)49-67)83(53)85(69-39-31-59(32-40-69)65-37-45-81-75(51-65)73-21-9-11-25-79(73)87-81)77-43-35-63(47-55(77)3)64-36-44-78(56(4)48-64)86(84-54(2)16-14-24-72(84)68-30-28-58-18-6-8-20-62(58)50-68)70-41-33-60(34-42-70)66-38-46-82-76(52-66)74-22-10-12-26-80(74)88-82/h5-52H,1-4H3. The summed E-state index contributed by atoms with van der Waals surface area (Å²) in [7, 11) is 0. The third-order valence-electron chi connectivity index (χ3n) is 17.9. The predicted molar refractivity (Wildman–Crippen MR) is 372 cm³/mol. The molecule has 0 unspecified atom stereocenters. The third kappa shape index (κ3) is 9.17. The highest BCUT2D eigenvalue weighted by Gasteiger charge is 2.25. The number of rotatable bonds is 11. The van der Waals surface area contributed by atoms with Crippen LogP contribution in [0.15, 0.2) is 300 Å². The molecule has 2 heterocycles. The Kier molecular flexibility index (Phi) is 12.7. The molecule has 2 aromatic heterocycles. The fraction of sp³-hybridized carbons (Fsp3) is 0.0476. The van der Waals surface area contributed by atoms with Crippen LogP contribution in [0.4, 0.5) is 34.1 Å². The lowest BCUT2D eigenvalue weighted by Crippen LogP contribution is -2.14. The van der Waals surface area contributed by atoms with E-state index in [9.17, 15) is 0 Å². The summed E-state index contributed by atoms with van der Waals surface area (Å²) in [5, 5.41) is 9.37. The van der Waals surface area contributed by atoms with Gasteiger partial charge in [-0.05, 0) is 213 Å². The van der Waals surface area contributed by atoms with Crippen molar-refractivity contribution in [3.8, 4) is 55.6 Å². The maximum atomic E-state index is 6.23. The number of benzene rings is 14. The molecule has 0 aliphatic rings. The lowest BCUT2D eigenvalue weighted by atomic mass is 9.94. The Morgan fingerprint density at radius 3 is 1.01 bits per heavy atom. The zero-order valence-corrected chi connectivity index (χ0v) is 49.4. The van der Waals surface area contributed by atoms with Crippen LogP contribution in [0.1, 0.15) is 22.3 Å². The summed E-state index contributed by atoms with van der Waals surface area (Å²) in [6, 6.07) is 106. The Morgan fingerprint density at radius 2 is 0.580 bits per heavy atom. The first-order valence-electron chi connectivity index (χ1n) is 30.3. The van der Waals surface area contributed by atoms with Gasteiger partial charge in [-0.3, -0.25) is 0 Å². The minimum Gasteiger partial charge on any atom is -0.456 e. The molecule has 418 valence electrons. The molecule has 14 aromatic carbocycles. The zero-order chi connectivity index (χ0) is 59.0. The first-order valence-corrected chi connectivity index (χ1v) is 30.3. The van der Waals surface area contributed by atoms with E-state index >= 15 is 0 Å². The van der Waals surface area contributed by atoms with Crippen LogP contribution in [0.25, 0.3) is 121 Å². The number of para-hydroxylation sites is 4. The molecule has 0 saturated heterocycles. The fourth-order valence-electron chi connectivity index (χ4n) is 13.5. The van der Waals surface area contributed by atoms with E-state index < -0.39 is 0 Å². The monoisotopic (exact) mass is 1130 g/mol. The molecule has 0 bridgehead atoms. The Balaban J connectivity index is 0.797. The molecule has 4 heteroatoms. The van der Waals surface area contributed by atoms with Gasteiger partial charge in [-0.2, -0.15) is 0 Å². The normalized spacial score (nSPS) is 11.6. The van der Waals surface area contributed by atoms with Crippen LogP contribution in [0.3, 0.4) is 0 Å². The third-order valence-corrected chi connectivity index (χ3v) is 17.9. The molecule has 88 heavy (non-hydrogen) atoms. The van der Waals surface area contributed by atoms with Crippen molar-refractivity contribution in [2.45, 2.75) is 27.7 Å². The molecule has 16 rings (SSSR count). The first-order chi connectivity index (χ1) is 43.2. The molecule has 0 amide bonds. The van der Waals surface area contributed by atoms with E-state index in [-0.39, 0.29) is 0 Å². The highest BCUT2D eigenvalue weighted by atomic mass is 16.3. The van der Waals surface area contributed by atoms with E-state index in [0.29, 0.717) is 0 Å². The van der Waals surface area contributed by atoms with Gasteiger partial charge in [-0.25, -0.2) is 0 Å². The second-order valence-electron chi connectivity index (χ2n) is 23.5. The summed E-state index contributed by atoms with van der Waals surface area (Å²) in [6.45, 7) is 8.99. The van der Waals surface area contributed by atoms with Crippen LogP contribution in [-0.4, -0.2) is 0 Å². The molecule has 0 N–H and O–H groups in total. The molecule has 16 aromatic rings. The van der Waals surface area contributed by atoms with E-state index in [1.54, 1.807) is 0 Å². The van der Waals surface area contributed by atoms with Crippen molar-refractivity contribution < 1.29 is 8.83 Å². The molecular weight excluding hydrogens is 1070 g/mol. The number of aryl methyl sites for hydroxylation is 4. The lowest BCUT2D eigenvalue weighted by molar-refractivity contribution is 0.668. The van der Waals surface area contributed by atoms with Gasteiger partial charge in [0, 0.05) is 55.4 Å². The molecule has 0 fully saturated rings. The van der Waals surface area contributed by atoms with Crippen LogP contribution >= 0.6 is 0 Å². The topological polar surface area (TPSA) is 32.8 Å². The summed E-state index contributed by atoms with van der Waals surface area (Å²) >= 11 is 0. The van der Waals surface area contributed by atoms with Crippen molar-refractivity contribution in [1.29, 1.82) is 0 Å². The number of furan rings is 2. The predicted octanol–water partition coefficient (Wildman–Crippen LogP) is 24.3. The number of nitrogens with zero attached hydrogens (tertiary/aromatic N) is 2. The molecule has 0 radical (unpaired) electrons. The van der Waals surface area contributed by atoms with Gasteiger partial charge in [0.2, 0.25) is 0 Å². The molecule has 0 atom stereocenters. The van der Waals surface area contributed by atoms with E-state index in [4.69, 9.17) is 8.83 Å². The van der Waals surface area contributed by atoms with Gasteiger partial charge < -0.3 is 18.6 Å². The largest absolute Gasteiger partial charge is 0.456 e. The SMILES string of the molecule is Cc1cc(-c2ccc(N(c3ccc(-c4ccc5oc6ccccc6c5c4)cc3)c3c(C)cccc3-c3ccc4ccccc4c3)c(C)c2)ccc1N(c1ccc(-c2ccc3oc4ccccc4c3c2)cc1)c1c(C)cccc1-c1ccc2ccccc2c1. The minimum absolute atomic E-state index is 0.894. The van der Waals surface area contributed by atoms with Gasteiger partial charge in [0.15, 0.2) is 0 Å². The Hall–Kier alpha value is -11.2. The van der Waals surface area contributed by atoms with Crippen molar-refractivity contribution in [1.82, 2.24) is 0 Å². The van der Waals surface area contributed by atoms with E-state index in [0.717, 1.165) is 123 Å². The highest BCUT2D eigenvalue weighted by Crippen LogP contribution is 2.49. The fourth-order valence-corrected chi connectivity index (χ4v) is 13.5. The van der Waals surface area contributed by atoms with Crippen molar-refractivity contribution in [2.24, 2.45) is 0 Å². The Bertz CT molecular complexity index is 5060. The van der Waals surface area contributed by atoms with Crippen LogP contribution in [0, 0.1) is 27.7 Å². The molecule has 4 nitrogen and oxygen atoms in total. The molecule has 0 saturated carbocycles. The van der Waals surface area contributed by atoms with E-state index in [2.05, 4.69) is 304 Å². The lowest BCUT2D eigenvalue weighted by Gasteiger charge is -2.32. The number of anilines is 6.